The number of nitrogens with two attached hydrogens (primary N) is 1. The molecule has 0 aromatic heterocycles. The molecule has 17 heavy (non-hydrogen) atoms. The second kappa shape index (κ2) is 5.89. The summed E-state index contributed by atoms with van der Waals surface area (Å²) in [5.41, 5.74) is 0.629. The summed E-state index contributed by atoms with van der Waals surface area (Å²) in [5, 5.41) is 31.0. The van der Waals surface area contributed by atoms with Crippen molar-refractivity contribution in [2.75, 3.05) is 0 Å². The third-order valence-corrected chi connectivity index (χ3v) is 2.85. The fourth-order valence-electron chi connectivity index (χ4n) is 1.93. The third-order valence-electron chi connectivity index (χ3n) is 2.85. The molecule has 4 nitrogen and oxygen atoms in total. The lowest BCUT2D eigenvalue weighted by molar-refractivity contribution is -0.723. The molecule has 0 aliphatic heterocycles. The monoisotopic (exact) mass is 240 g/mol. The molecule has 0 bridgehead atoms. The molecule has 0 heterocycles. The lowest BCUT2D eigenvalue weighted by Gasteiger charge is -2.22. The van der Waals surface area contributed by atoms with E-state index in [1.54, 1.807) is 6.07 Å². The smallest absolute Gasteiger partial charge is 0.157 e. The van der Waals surface area contributed by atoms with Gasteiger partial charge in [-0.3, -0.25) is 0 Å². The second-order valence-electron chi connectivity index (χ2n) is 4.70. The number of benzene rings is 1. The number of quaternary nitrogens is 1. The average molecular weight is 240 g/mol. The first-order valence-corrected chi connectivity index (χ1v) is 6.00. The van der Waals surface area contributed by atoms with Crippen LogP contribution < -0.4 is 5.32 Å². The van der Waals surface area contributed by atoms with Gasteiger partial charge in [-0.15, -0.1) is 0 Å². The molecule has 5 N–H and O–H groups in total. The van der Waals surface area contributed by atoms with Gasteiger partial charge in [0.05, 0.1) is 6.04 Å². The highest BCUT2D eigenvalue weighted by Crippen LogP contribution is 2.28. The van der Waals surface area contributed by atoms with E-state index < -0.39 is 6.10 Å². The van der Waals surface area contributed by atoms with Gasteiger partial charge >= 0.3 is 0 Å². The van der Waals surface area contributed by atoms with Crippen LogP contribution in [0.15, 0.2) is 18.2 Å². The van der Waals surface area contributed by atoms with Gasteiger partial charge in [0.2, 0.25) is 0 Å². The van der Waals surface area contributed by atoms with E-state index in [2.05, 4.69) is 19.2 Å². The Bertz CT molecular complexity index is 366. The van der Waals surface area contributed by atoms with E-state index in [-0.39, 0.29) is 17.5 Å². The predicted octanol–water partition coefficient (Wildman–Crippen LogP) is 0.882. The van der Waals surface area contributed by atoms with Gasteiger partial charge in [-0.05, 0) is 38.0 Å². The first kappa shape index (κ1) is 13.8. The Morgan fingerprint density at radius 3 is 2.29 bits per heavy atom. The van der Waals surface area contributed by atoms with Gasteiger partial charge in [0, 0.05) is 0 Å². The molecule has 0 saturated carbocycles. The minimum absolute atomic E-state index is 0.0546. The van der Waals surface area contributed by atoms with Crippen molar-refractivity contribution in [3.05, 3.63) is 23.8 Å². The molecule has 0 radical (unpaired) electrons. The molecule has 0 aliphatic carbocycles. The number of hydrogen-bond acceptors (Lipinski definition) is 3. The molecule has 0 aliphatic rings. The molecule has 1 aromatic rings. The molecule has 1 aromatic carbocycles. The SMILES string of the molecule is CC[C@H]([NH2+]C(C)C)[C@@H](O)c1ccc(O)c(O)c1. The molecule has 0 spiro atoms. The maximum Gasteiger partial charge on any atom is 0.157 e. The van der Waals surface area contributed by atoms with Crippen LogP contribution in [-0.4, -0.2) is 27.4 Å². The Hall–Kier alpha value is -1.26. The normalized spacial score (nSPS) is 14.9. The maximum atomic E-state index is 10.2. The summed E-state index contributed by atoms with van der Waals surface area (Å²) >= 11 is 0. The zero-order valence-electron chi connectivity index (χ0n) is 10.6. The minimum atomic E-state index is -0.645. The molecule has 0 saturated heterocycles. The number of phenolic OH excluding ortho intramolecular Hbond substituents is 2. The maximum absolute atomic E-state index is 10.2. The van der Waals surface area contributed by atoms with Crippen LogP contribution in [0.1, 0.15) is 38.9 Å². The largest absolute Gasteiger partial charge is 0.504 e. The molecule has 0 fully saturated rings. The van der Waals surface area contributed by atoms with E-state index in [0.717, 1.165) is 6.42 Å². The summed E-state index contributed by atoms with van der Waals surface area (Å²) in [6.07, 6.45) is 0.190. The van der Waals surface area contributed by atoms with Crippen LogP contribution in [-0.2, 0) is 0 Å². The van der Waals surface area contributed by atoms with Crippen LogP contribution in [0.3, 0.4) is 0 Å². The summed E-state index contributed by atoms with van der Waals surface area (Å²) in [6, 6.07) is 4.91. The van der Waals surface area contributed by atoms with Gasteiger partial charge in [0.25, 0.3) is 0 Å². The van der Waals surface area contributed by atoms with E-state index in [0.29, 0.717) is 11.6 Å². The highest BCUT2D eigenvalue weighted by Gasteiger charge is 2.23. The van der Waals surface area contributed by atoms with E-state index in [9.17, 15) is 15.3 Å². The molecular formula is C13H22NO3+. The van der Waals surface area contributed by atoms with Crippen LogP contribution in [0.5, 0.6) is 11.5 Å². The Morgan fingerprint density at radius 1 is 1.18 bits per heavy atom. The number of phenols is 2. The predicted molar refractivity (Wildman–Crippen MR) is 65.9 cm³/mol. The van der Waals surface area contributed by atoms with Crippen LogP contribution in [0, 0.1) is 0 Å². The quantitative estimate of drug-likeness (QED) is 0.577. The van der Waals surface area contributed by atoms with E-state index in [4.69, 9.17) is 0 Å². The summed E-state index contributed by atoms with van der Waals surface area (Å²) in [5.74, 6) is -0.359. The highest BCUT2D eigenvalue weighted by molar-refractivity contribution is 5.41. The Kier molecular flexibility index (Phi) is 4.78. The lowest BCUT2D eigenvalue weighted by atomic mass is 9.99. The second-order valence-corrected chi connectivity index (χ2v) is 4.70. The molecule has 96 valence electrons. The number of rotatable bonds is 5. The van der Waals surface area contributed by atoms with Crippen LogP contribution in [0.25, 0.3) is 0 Å². The van der Waals surface area contributed by atoms with Crippen molar-refractivity contribution in [1.29, 1.82) is 0 Å². The molecule has 0 amide bonds. The molecular weight excluding hydrogens is 218 g/mol. The fourth-order valence-corrected chi connectivity index (χ4v) is 1.93. The number of hydrogen-bond donors (Lipinski definition) is 4. The standard InChI is InChI=1S/C13H21NO3/c1-4-10(14-8(2)3)13(17)9-5-6-11(15)12(16)7-9/h5-8,10,13-17H,4H2,1-3H3/p+1/t10-,13-/m0/s1. The minimum Gasteiger partial charge on any atom is -0.504 e. The zero-order chi connectivity index (χ0) is 13.0. The van der Waals surface area contributed by atoms with E-state index >= 15 is 0 Å². The van der Waals surface area contributed by atoms with Crippen molar-refractivity contribution in [3.8, 4) is 11.5 Å². The van der Waals surface area contributed by atoms with Gasteiger partial charge in [0.15, 0.2) is 11.5 Å². The van der Waals surface area contributed by atoms with Gasteiger partial charge in [-0.1, -0.05) is 13.0 Å². The first-order valence-electron chi connectivity index (χ1n) is 6.00. The van der Waals surface area contributed by atoms with Gasteiger partial charge < -0.3 is 20.6 Å². The molecule has 2 atom stereocenters. The lowest BCUT2D eigenvalue weighted by Crippen LogP contribution is -2.94. The molecule has 0 unspecified atom stereocenters. The van der Waals surface area contributed by atoms with E-state index in [1.807, 2.05) is 6.92 Å². The number of aromatic hydroxyl groups is 2. The van der Waals surface area contributed by atoms with Crippen molar-refractivity contribution in [1.82, 2.24) is 0 Å². The average Bonchev–Trinajstić information content (AvgIpc) is 2.28. The Labute approximate surface area is 102 Å². The highest BCUT2D eigenvalue weighted by atomic mass is 16.3. The third kappa shape index (κ3) is 3.61. The fraction of sp³-hybridized carbons (Fsp3) is 0.538. The Balaban J connectivity index is 2.85. The first-order chi connectivity index (χ1) is 7.95. The summed E-state index contributed by atoms with van der Waals surface area (Å²) < 4.78 is 0. The van der Waals surface area contributed by atoms with Crippen molar-refractivity contribution < 1.29 is 20.6 Å². The van der Waals surface area contributed by atoms with Crippen molar-refractivity contribution in [2.24, 2.45) is 0 Å². The zero-order valence-corrected chi connectivity index (χ0v) is 10.6. The van der Waals surface area contributed by atoms with Gasteiger partial charge in [-0.2, -0.15) is 0 Å². The summed E-state index contributed by atoms with van der Waals surface area (Å²) in [7, 11) is 0. The van der Waals surface area contributed by atoms with Crippen molar-refractivity contribution >= 4 is 0 Å². The molecule has 4 heteroatoms. The number of aliphatic hydroxyl groups is 1. The van der Waals surface area contributed by atoms with E-state index in [1.165, 1.54) is 12.1 Å². The summed E-state index contributed by atoms with van der Waals surface area (Å²) in [4.78, 5) is 0. The van der Waals surface area contributed by atoms with Crippen molar-refractivity contribution in [2.45, 2.75) is 45.4 Å². The number of aliphatic hydroxyl groups excluding tert-OH is 1. The van der Waals surface area contributed by atoms with Crippen LogP contribution >= 0.6 is 0 Å². The van der Waals surface area contributed by atoms with Crippen LogP contribution in [0.4, 0.5) is 0 Å². The van der Waals surface area contributed by atoms with Gasteiger partial charge in [0.1, 0.15) is 12.1 Å². The van der Waals surface area contributed by atoms with Crippen molar-refractivity contribution in [3.63, 3.8) is 0 Å². The van der Waals surface area contributed by atoms with Crippen LogP contribution in [0.2, 0.25) is 0 Å². The summed E-state index contributed by atoms with van der Waals surface area (Å²) in [6.45, 7) is 6.17. The topological polar surface area (TPSA) is 77.3 Å². The molecule has 1 rings (SSSR count). The Morgan fingerprint density at radius 2 is 1.82 bits per heavy atom. The van der Waals surface area contributed by atoms with Gasteiger partial charge in [-0.25, -0.2) is 0 Å².